The second-order valence-corrected chi connectivity index (χ2v) is 4.84. The molecule has 0 aliphatic carbocycles. The number of benzene rings is 1. The molecule has 0 aromatic heterocycles. The zero-order valence-corrected chi connectivity index (χ0v) is 10.7. The van der Waals surface area contributed by atoms with E-state index >= 15 is 0 Å². The van der Waals surface area contributed by atoms with Gasteiger partial charge in [-0.1, -0.05) is 11.6 Å². The van der Waals surface area contributed by atoms with Crippen LogP contribution in [0.3, 0.4) is 0 Å². The number of halogens is 1. The molecule has 0 amide bonds. The second kappa shape index (κ2) is 4.44. The zero-order valence-electron chi connectivity index (χ0n) is 9.92. The lowest BCUT2D eigenvalue weighted by Crippen LogP contribution is -2.11. The highest BCUT2D eigenvalue weighted by Gasteiger charge is 2.33. The molecule has 1 aromatic rings. The van der Waals surface area contributed by atoms with E-state index < -0.39 is 0 Å². The largest absolute Gasteiger partial charge is 0.492 e. The molecular weight excluding hydrogens is 254 g/mol. The van der Waals surface area contributed by atoms with Gasteiger partial charge in [0.05, 0.1) is 23.8 Å². The SMILES string of the molecule is NCCC(=O)c1c2c(c(Cl)c3c1OCC3)OCC2. The summed E-state index contributed by atoms with van der Waals surface area (Å²) in [6.45, 7) is 1.48. The van der Waals surface area contributed by atoms with Gasteiger partial charge >= 0.3 is 0 Å². The zero-order chi connectivity index (χ0) is 12.7. The summed E-state index contributed by atoms with van der Waals surface area (Å²) in [5, 5.41) is 0.610. The van der Waals surface area contributed by atoms with Gasteiger partial charge in [0.1, 0.15) is 11.5 Å². The van der Waals surface area contributed by atoms with Gasteiger partial charge in [-0.05, 0) is 6.54 Å². The molecule has 0 atom stereocenters. The van der Waals surface area contributed by atoms with Crippen molar-refractivity contribution in [1.29, 1.82) is 0 Å². The van der Waals surface area contributed by atoms with Crippen LogP contribution < -0.4 is 15.2 Å². The fourth-order valence-electron chi connectivity index (χ4n) is 2.60. The summed E-state index contributed by atoms with van der Waals surface area (Å²) >= 11 is 6.31. The van der Waals surface area contributed by atoms with Gasteiger partial charge in [-0.25, -0.2) is 0 Å². The van der Waals surface area contributed by atoms with E-state index in [9.17, 15) is 4.79 Å². The first-order valence-electron chi connectivity index (χ1n) is 6.10. The van der Waals surface area contributed by atoms with Crippen LogP contribution in [0, 0.1) is 0 Å². The van der Waals surface area contributed by atoms with Crippen LogP contribution in [0.15, 0.2) is 0 Å². The molecule has 0 saturated carbocycles. The number of hydrogen-bond acceptors (Lipinski definition) is 4. The average Bonchev–Trinajstić information content (AvgIpc) is 2.97. The van der Waals surface area contributed by atoms with E-state index in [-0.39, 0.29) is 5.78 Å². The number of hydrogen-bond donors (Lipinski definition) is 1. The quantitative estimate of drug-likeness (QED) is 0.848. The standard InChI is InChI=1S/C13H14ClNO3/c14-11-8-3-6-17-12(8)10(9(16)1-4-15)7-2-5-18-13(7)11/h1-6,15H2. The molecule has 2 heterocycles. The summed E-state index contributed by atoms with van der Waals surface area (Å²) in [6.07, 6.45) is 1.76. The molecule has 0 bridgehead atoms. The summed E-state index contributed by atoms with van der Waals surface area (Å²) < 4.78 is 11.2. The number of nitrogens with two attached hydrogens (primary N) is 1. The maximum Gasteiger partial charge on any atom is 0.168 e. The number of ether oxygens (including phenoxy) is 2. The summed E-state index contributed by atoms with van der Waals surface area (Å²) in [4.78, 5) is 12.2. The molecule has 18 heavy (non-hydrogen) atoms. The van der Waals surface area contributed by atoms with Crippen LogP contribution in [0.1, 0.15) is 27.9 Å². The van der Waals surface area contributed by atoms with Crippen molar-refractivity contribution in [2.24, 2.45) is 5.73 Å². The van der Waals surface area contributed by atoms with Gasteiger partial charge in [0, 0.05) is 30.4 Å². The lowest BCUT2D eigenvalue weighted by Gasteiger charge is -2.13. The smallest absolute Gasteiger partial charge is 0.168 e. The second-order valence-electron chi connectivity index (χ2n) is 4.46. The van der Waals surface area contributed by atoms with Gasteiger partial charge in [-0.2, -0.15) is 0 Å². The van der Waals surface area contributed by atoms with Crippen molar-refractivity contribution < 1.29 is 14.3 Å². The minimum absolute atomic E-state index is 0.0223. The molecule has 2 aliphatic rings. The van der Waals surface area contributed by atoms with Crippen molar-refractivity contribution in [1.82, 2.24) is 0 Å². The molecule has 0 fully saturated rings. The van der Waals surface area contributed by atoms with Crippen LogP contribution in [0.4, 0.5) is 0 Å². The number of fused-ring (bicyclic) bond motifs is 2. The number of carbonyl (C=O) groups excluding carboxylic acids is 1. The Hall–Kier alpha value is -1.26. The lowest BCUT2D eigenvalue weighted by atomic mass is 9.95. The van der Waals surface area contributed by atoms with E-state index in [1.807, 2.05) is 0 Å². The van der Waals surface area contributed by atoms with Crippen molar-refractivity contribution in [2.75, 3.05) is 19.8 Å². The van der Waals surface area contributed by atoms with Gasteiger partial charge in [-0.15, -0.1) is 0 Å². The van der Waals surface area contributed by atoms with Crippen molar-refractivity contribution in [3.63, 3.8) is 0 Å². The topological polar surface area (TPSA) is 61.6 Å². The monoisotopic (exact) mass is 267 g/mol. The van der Waals surface area contributed by atoms with Crippen LogP contribution in [-0.2, 0) is 12.8 Å². The van der Waals surface area contributed by atoms with Crippen molar-refractivity contribution in [2.45, 2.75) is 19.3 Å². The van der Waals surface area contributed by atoms with Gasteiger partial charge in [-0.3, -0.25) is 4.79 Å². The van der Waals surface area contributed by atoms with Gasteiger partial charge in [0.2, 0.25) is 0 Å². The highest BCUT2D eigenvalue weighted by atomic mass is 35.5. The molecular formula is C13H14ClNO3. The molecule has 5 heteroatoms. The first kappa shape index (κ1) is 11.8. The van der Waals surface area contributed by atoms with Crippen LogP contribution in [-0.4, -0.2) is 25.5 Å². The Morgan fingerprint density at radius 1 is 1.17 bits per heavy atom. The van der Waals surface area contributed by atoms with Gasteiger partial charge in [0.15, 0.2) is 5.78 Å². The average molecular weight is 268 g/mol. The Balaban J connectivity index is 2.21. The Bertz CT molecular complexity index is 492. The van der Waals surface area contributed by atoms with E-state index in [4.69, 9.17) is 26.8 Å². The van der Waals surface area contributed by atoms with E-state index in [0.29, 0.717) is 54.7 Å². The predicted octanol–water partition coefficient (Wildman–Crippen LogP) is 1.74. The normalized spacial score (nSPS) is 15.9. The van der Waals surface area contributed by atoms with Gasteiger partial charge < -0.3 is 15.2 Å². The summed E-state index contributed by atoms with van der Waals surface area (Å²) in [6, 6.07) is 0. The number of Topliss-reactive ketones (excluding diaryl/α,β-unsaturated/α-hetero) is 1. The molecule has 1 aromatic carbocycles. The Morgan fingerprint density at radius 3 is 2.56 bits per heavy atom. The van der Waals surface area contributed by atoms with E-state index in [1.54, 1.807) is 0 Å². The molecule has 3 rings (SSSR count). The number of ketones is 1. The molecule has 96 valence electrons. The fourth-order valence-corrected chi connectivity index (χ4v) is 2.95. The third kappa shape index (κ3) is 1.60. The van der Waals surface area contributed by atoms with Gasteiger partial charge in [0.25, 0.3) is 0 Å². The Morgan fingerprint density at radius 2 is 1.83 bits per heavy atom. The first-order valence-corrected chi connectivity index (χ1v) is 6.48. The highest BCUT2D eigenvalue weighted by Crippen LogP contribution is 2.47. The highest BCUT2D eigenvalue weighted by molar-refractivity contribution is 6.33. The molecule has 0 saturated heterocycles. The van der Waals surface area contributed by atoms with E-state index in [1.165, 1.54) is 0 Å². The molecule has 0 spiro atoms. The van der Waals surface area contributed by atoms with Crippen molar-refractivity contribution in [3.05, 3.63) is 21.7 Å². The molecule has 0 unspecified atom stereocenters. The summed E-state index contributed by atoms with van der Waals surface area (Å²) in [5.41, 5.74) is 7.90. The molecule has 2 aliphatic heterocycles. The van der Waals surface area contributed by atoms with Crippen LogP contribution in [0.2, 0.25) is 5.02 Å². The van der Waals surface area contributed by atoms with E-state index in [0.717, 1.165) is 17.5 Å². The first-order chi connectivity index (χ1) is 8.74. The number of carbonyl (C=O) groups is 1. The predicted molar refractivity (Wildman–Crippen MR) is 67.9 cm³/mol. The molecule has 2 N–H and O–H groups in total. The minimum atomic E-state index is 0.0223. The summed E-state index contributed by atoms with van der Waals surface area (Å²) in [5.74, 6) is 1.35. The number of rotatable bonds is 3. The molecule has 0 radical (unpaired) electrons. The summed E-state index contributed by atoms with van der Waals surface area (Å²) in [7, 11) is 0. The minimum Gasteiger partial charge on any atom is -0.492 e. The van der Waals surface area contributed by atoms with Crippen LogP contribution >= 0.6 is 11.6 Å². The Kier molecular flexibility index (Phi) is 2.92. The fraction of sp³-hybridized carbons (Fsp3) is 0.462. The third-order valence-corrected chi connectivity index (χ3v) is 3.79. The Labute approximate surface area is 110 Å². The van der Waals surface area contributed by atoms with E-state index in [2.05, 4.69) is 0 Å². The van der Waals surface area contributed by atoms with Crippen LogP contribution in [0.25, 0.3) is 0 Å². The lowest BCUT2D eigenvalue weighted by molar-refractivity contribution is 0.0981. The molecule has 4 nitrogen and oxygen atoms in total. The maximum atomic E-state index is 12.2. The van der Waals surface area contributed by atoms with Crippen LogP contribution in [0.5, 0.6) is 11.5 Å². The van der Waals surface area contributed by atoms with Crippen molar-refractivity contribution >= 4 is 17.4 Å². The third-order valence-electron chi connectivity index (χ3n) is 3.39. The maximum absolute atomic E-state index is 12.2. The van der Waals surface area contributed by atoms with Crippen molar-refractivity contribution in [3.8, 4) is 11.5 Å².